The molecule has 3 aromatic carbocycles. The number of aliphatic hydroxyl groups excluding tert-OH is 1. The van der Waals surface area contributed by atoms with Gasteiger partial charge in [0, 0.05) is 25.9 Å². The van der Waals surface area contributed by atoms with Crippen LogP contribution in [0.2, 0.25) is 0 Å². The molecule has 1 atom stereocenters. The van der Waals surface area contributed by atoms with Crippen molar-refractivity contribution in [1.29, 1.82) is 0 Å². The first kappa shape index (κ1) is 27.4. The Labute approximate surface area is 236 Å². The number of fused-ring (bicyclic) bond motifs is 1. The average molecular weight is 536 g/mol. The van der Waals surface area contributed by atoms with Gasteiger partial charge in [-0.3, -0.25) is 0 Å². The molecule has 6 nitrogen and oxygen atoms in total. The SMILES string of the molecule is CCOC(=O)c1c2c(nn1C(c1ccccc1)(c1ccccc1)c1ccccc1)C(O)C(=CN(C)C)CC2(C)C. The minimum Gasteiger partial charge on any atom is -0.461 e. The lowest BCUT2D eigenvalue weighted by Crippen LogP contribution is -2.41. The predicted octanol–water partition coefficient (Wildman–Crippen LogP) is 6.06. The summed E-state index contributed by atoms with van der Waals surface area (Å²) >= 11 is 0. The van der Waals surface area contributed by atoms with Gasteiger partial charge in [-0.05, 0) is 41.0 Å². The molecule has 0 bridgehead atoms. The standard InChI is InChI=1S/C34H37N3O3/c1-6-40-32(39)30-28-29(31(38)24(23-36(4)5)22-33(28,2)3)35-37(30)34(25-16-10-7-11-17-25,26-18-12-8-13-19-26)27-20-14-9-15-21-27/h7-21,23,31,38H,6,22H2,1-5H3. The summed E-state index contributed by atoms with van der Waals surface area (Å²) < 4.78 is 7.53. The van der Waals surface area contributed by atoms with Gasteiger partial charge in [0.1, 0.15) is 11.6 Å². The number of hydrogen-bond acceptors (Lipinski definition) is 5. The van der Waals surface area contributed by atoms with Crippen LogP contribution in [0.1, 0.15) is 71.7 Å². The number of ether oxygens (including phenoxy) is 1. The number of benzene rings is 3. The van der Waals surface area contributed by atoms with Gasteiger partial charge in [-0.15, -0.1) is 0 Å². The van der Waals surface area contributed by atoms with Crippen molar-refractivity contribution in [1.82, 2.24) is 14.7 Å². The predicted molar refractivity (Wildman–Crippen MR) is 157 cm³/mol. The molecule has 0 aliphatic heterocycles. The first-order valence-corrected chi connectivity index (χ1v) is 13.7. The van der Waals surface area contributed by atoms with E-state index in [1.165, 1.54) is 0 Å². The van der Waals surface area contributed by atoms with Crippen molar-refractivity contribution in [2.75, 3.05) is 20.7 Å². The maximum Gasteiger partial charge on any atom is 0.356 e. The van der Waals surface area contributed by atoms with Gasteiger partial charge in [0.25, 0.3) is 0 Å². The Morgan fingerprint density at radius 1 is 0.975 bits per heavy atom. The second kappa shape index (κ2) is 10.8. The molecule has 1 heterocycles. The van der Waals surface area contributed by atoms with Crippen LogP contribution in [0.25, 0.3) is 0 Å². The van der Waals surface area contributed by atoms with Crippen molar-refractivity contribution < 1.29 is 14.6 Å². The Bertz CT molecular complexity index is 1410. The Morgan fingerprint density at radius 2 is 1.45 bits per heavy atom. The Hall–Kier alpha value is -4.16. The smallest absolute Gasteiger partial charge is 0.356 e. The third-order valence-electron chi connectivity index (χ3n) is 7.63. The summed E-state index contributed by atoms with van der Waals surface area (Å²) in [5.41, 5.74) is 3.73. The maximum absolute atomic E-state index is 14.0. The Morgan fingerprint density at radius 3 is 1.88 bits per heavy atom. The number of carbonyl (C=O) groups excluding carboxylic acids is 1. The number of nitrogens with zero attached hydrogens (tertiary/aromatic N) is 3. The Kier molecular flexibility index (Phi) is 7.39. The van der Waals surface area contributed by atoms with Crippen LogP contribution in [0.5, 0.6) is 0 Å². The molecular formula is C34H37N3O3. The Balaban J connectivity index is 1.97. The molecule has 1 aliphatic rings. The van der Waals surface area contributed by atoms with Gasteiger partial charge in [-0.25, -0.2) is 9.48 Å². The summed E-state index contributed by atoms with van der Waals surface area (Å²) in [6.45, 7) is 6.24. The molecule has 0 saturated heterocycles. The van der Waals surface area contributed by atoms with Crippen LogP contribution in [0.3, 0.4) is 0 Å². The minimum absolute atomic E-state index is 0.225. The molecular weight excluding hydrogens is 498 g/mol. The van der Waals surface area contributed by atoms with Crippen molar-refractivity contribution in [3.8, 4) is 0 Å². The fraction of sp³-hybridized carbons (Fsp3) is 0.294. The molecule has 4 aromatic rings. The molecule has 0 amide bonds. The second-order valence-corrected chi connectivity index (χ2v) is 11.2. The maximum atomic E-state index is 14.0. The van der Waals surface area contributed by atoms with E-state index >= 15 is 0 Å². The molecule has 5 rings (SSSR count). The molecule has 1 aromatic heterocycles. The normalized spacial score (nSPS) is 17.4. The van der Waals surface area contributed by atoms with Crippen LogP contribution in [0.15, 0.2) is 103 Å². The third kappa shape index (κ3) is 4.52. The van der Waals surface area contributed by atoms with E-state index in [1.54, 1.807) is 0 Å². The molecule has 0 radical (unpaired) electrons. The highest BCUT2D eigenvalue weighted by Crippen LogP contribution is 2.49. The van der Waals surface area contributed by atoms with Crippen molar-refractivity contribution in [3.63, 3.8) is 0 Å². The monoisotopic (exact) mass is 535 g/mol. The molecule has 40 heavy (non-hydrogen) atoms. The largest absolute Gasteiger partial charge is 0.461 e. The lowest BCUT2D eigenvalue weighted by Gasteiger charge is -2.38. The lowest BCUT2D eigenvalue weighted by atomic mass is 9.71. The van der Waals surface area contributed by atoms with Crippen LogP contribution >= 0.6 is 0 Å². The van der Waals surface area contributed by atoms with Gasteiger partial charge >= 0.3 is 5.97 Å². The highest BCUT2D eigenvalue weighted by molar-refractivity contribution is 5.91. The summed E-state index contributed by atoms with van der Waals surface area (Å²) in [4.78, 5) is 15.9. The van der Waals surface area contributed by atoms with E-state index in [9.17, 15) is 9.90 Å². The molecule has 6 heteroatoms. The van der Waals surface area contributed by atoms with Gasteiger partial charge in [-0.1, -0.05) is 105 Å². The zero-order chi connectivity index (χ0) is 28.5. The highest BCUT2D eigenvalue weighted by Gasteiger charge is 2.49. The van der Waals surface area contributed by atoms with Gasteiger partial charge in [0.2, 0.25) is 0 Å². The summed E-state index contributed by atoms with van der Waals surface area (Å²) in [6.07, 6.45) is 1.57. The van der Waals surface area contributed by atoms with E-state index in [0.717, 1.165) is 27.8 Å². The fourth-order valence-electron chi connectivity index (χ4n) is 6.15. The minimum atomic E-state index is -1.02. The first-order chi connectivity index (χ1) is 19.2. The van der Waals surface area contributed by atoms with Crippen molar-refractivity contribution >= 4 is 5.97 Å². The van der Waals surface area contributed by atoms with Crippen LogP contribution in [-0.4, -0.2) is 46.5 Å². The summed E-state index contributed by atoms with van der Waals surface area (Å²) in [5, 5.41) is 16.9. The summed E-state index contributed by atoms with van der Waals surface area (Å²) in [5.74, 6) is -0.455. The van der Waals surface area contributed by atoms with Gasteiger partial charge in [-0.2, -0.15) is 5.10 Å². The molecule has 0 spiro atoms. The number of hydrogen-bond donors (Lipinski definition) is 1. The van der Waals surface area contributed by atoms with Crippen molar-refractivity contribution in [3.05, 3.63) is 136 Å². The number of aromatic nitrogens is 2. The molecule has 206 valence electrons. The van der Waals surface area contributed by atoms with Crippen LogP contribution < -0.4 is 0 Å². The molecule has 0 saturated carbocycles. The van der Waals surface area contributed by atoms with E-state index in [1.807, 2.05) is 91.4 Å². The molecule has 0 fully saturated rings. The number of aliphatic hydroxyl groups is 1. The van der Waals surface area contributed by atoms with E-state index < -0.39 is 23.0 Å². The van der Waals surface area contributed by atoms with E-state index in [0.29, 0.717) is 17.8 Å². The number of esters is 1. The average Bonchev–Trinajstić information content (AvgIpc) is 3.36. The topological polar surface area (TPSA) is 67.6 Å². The third-order valence-corrected chi connectivity index (χ3v) is 7.63. The highest BCUT2D eigenvalue weighted by atomic mass is 16.5. The molecule has 1 aliphatic carbocycles. The molecule has 1 N–H and O–H groups in total. The number of rotatable bonds is 7. The lowest BCUT2D eigenvalue weighted by molar-refractivity contribution is 0.0504. The van der Waals surface area contributed by atoms with Crippen LogP contribution in [0, 0.1) is 0 Å². The van der Waals surface area contributed by atoms with Gasteiger partial charge in [0.15, 0.2) is 5.69 Å². The molecule has 1 unspecified atom stereocenters. The van der Waals surface area contributed by atoms with Crippen molar-refractivity contribution in [2.24, 2.45) is 0 Å². The zero-order valence-electron chi connectivity index (χ0n) is 23.8. The van der Waals surface area contributed by atoms with Crippen molar-refractivity contribution in [2.45, 2.75) is 44.2 Å². The zero-order valence-corrected chi connectivity index (χ0v) is 23.8. The van der Waals surface area contributed by atoms with Crippen LogP contribution in [0.4, 0.5) is 0 Å². The summed E-state index contributed by atoms with van der Waals surface area (Å²) in [7, 11) is 3.88. The van der Waals surface area contributed by atoms with E-state index in [4.69, 9.17) is 9.84 Å². The fourth-order valence-corrected chi connectivity index (χ4v) is 6.15. The van der Waals surface area contributed by atoms with Crippen LogP contribution in [-0.2, 0) is 15.7 Å². The summed E-state index contributed by atoms with van der Waals surface area (Å²) in [6, 6.07) is 30.3. The van der Waals surface area contributed by atoms with Gasteiger partial charge in [0.05, 0.1) is 12.3 Å². The quantitative estimate of drug-likeness (QED) is 0.230. The first-order valence-electron chi connectivity index (χ1n) is 13.7. The number of carbonyl (C=O) groups is 1. The second-order valence-electron chi connectivity index (χ2n) is 11.2. The van der Waals surface area contributed by atoms with E-state index in [-0.39, 0.29) is 6.61 Å². The van der Waals surface area contributed by atoms with E-state index in [2.05, 4.69) is 50.2 Å². The van der Waals surface area contributed by atoms with Gasteiger partial charge < -0.3 is 14.7 Å².